The minimum Gasteiger partial charge on any atom is -0.481 e. The molecule has 0 bridgehead atoms. The van der Waals surface area contributed by atoms with Crippen molar-refractivity contribution in [3.8, 4) is 0 Å². The Morgan fingerprint density at radius 3 is 2.38 bits per heavy atom. The first-order valence-electron chi connectivity index (χ1n) is 6.33. The van der Waals surface area contributed by atoms with Crippen LogP contribution in [0, 0.1) is 6.92 Å². The molecule has 0 spiro atoms. The Labute approximate surface area is 131 Å². The lowest BCUT2D eigenvalue weighted by Gasteiger charge is -2.21. The van der Waals surface area contributed by atoms with Crippen LogP contribution in [-0.2, 0) is 4.79 Å². The van der Waals surface area contributed by atoms with Crippen LogP contribution < -0.4 is 4.90 Å². The maximum absolute atomic E-state index is 12.5. The van der Waals surface area contributed by atoms with Crippen molar-refractivity contribution in [2.75, 3.05) is 11.4 Å². The third kappa shape index (κ3) is 4.06. The third-order valence-corrected chi connectivity index (χ3v) is 4.14. The van der Waals surface area contributed by atoms with Gasteiger partial charge in [0.25, 0.3) is 5.91 Å². The highest BCUT2D eigenvalue weighted by molar-refractivity contribution is 7.18. The fourth-order valence-corrected chi connectivity index (χ4v) is 2.83. The highest BCUT2D eigenvalue weighted by atomic mass is 35.5. The van der Waals surface area contributed by atoms with Crippen molar-refractivity contribution in [3.63, 3.8) is 0 Å². The number of carbonyl (C=O) groups is 2. The molecule has 1 aromatic heterocycles. The summed E-state index contributed by atoms with van der Waals surface area (Å²) in [5, 5.41) is 8.85. The first-order chi connectivity index (χ1) is 9.97. The smallest absolute Gasteiger partial charge is 0.305 e. The number of thiophene rings is 1. The van der Waals surface area contributed by atoms with Gasteiger partial charge in [-0.05, 0) is 31.2 Å². The second-order valence-electron chi connectivity index (χ2n) is 4.54. The second kappa shape index (κ2) is 6.74. The van der Waals surface area contributed by atoms with Gasteiger partial charge >= 0.3 is 5.97 Å². The molecular formula is C15H14ClNO3S. The highest BCUT2D eigenvalue weighted by Crippen LogP contribution is 2.25. The predicted octanol–water partition coefficient (Wildman–Crippen LogP) is 3.83. The minimum absolute atomic E-state index is 0.112. The number of carboxylic acid groups (broad SMARTS) is 1. The van der Waals surface area contributed by atoms with Crippen molar-refractivity contribution in [1.29, 1.82) is 0 Å². The van der Waals surface area contributed by atoms with Gasteiger partial charge in [-0.25, -0.2) is 0 Å². The number of amides is 1. The molecule has 0 aliphatic rings. The summed E-state index contributed by atoms with van der Waals surface area (Å²) in [6, 6.07) is 10.7. The Morgan fingerprint density at radius 1 is 1.19 bits per heavy atom. The van der Waals surface area contributed by atoms with Gasteiger partial charge in [0.15, 0.2) is 0 Å². The number of anilines is 1. The van der Waals surface area contributed by atoms with E-state index in [0.29, 0.717) is 14.9 Å². The SMILES string of the molecule is Cc1ccc(N(CCC(=O)O)C(=O)c2ccc(Cl)s2)cc1. The number of aliphatic carboxylic acids is 1. The lowest BCUT2D eigenvalue weighted by Crippen LogP contribution is -2.32. The largest absolute Gasteiger partial charge is 0.481 e. The van der Waals surface area contributed by atoms with E-state index in [1.807, 2.05) is 31.2 Å². The molecule has 1 N–H and O–H groups in total. The Kier molecular flexibility index (Phi) is 4.98. The number of nitrogens with zero attached hydrogens (tertiary/aromatic N) is 1. The first kappa shape index (κ1) is 15.5. The number of aryl methyl sites for hydroxylation is 1. The molecule has 4 nitrogen and oxygen atoms in total. The van der Waals surface area contributed by atoms with Crippen LogP contribution in [0.15, 0.2) is 36.4 Å². The predicted molar refractivity (Wildman–Crippen MR) is 84.4 cm³/mol. The van der Waals surface area contributed by atoms with Gasteiger partial charge in [0.2, 0.25) is 0 Å². The molecule has 110 valence electrons. The molecule has 2 rings (SSSR count). The van der Waals surface area contributed by atoms with Crippen LogP contribution in [0.3, 0.4) is 0 Å². The van der Waals surface area contributed by atoms with E-state index in [9.17, 15) is 9.59 Å². The van der Waals surface area contributed by atoms with E-state index < -0.39 is 5.97 Å². The summed E-state index contributed by atoms with van der Waals surface area (Å²) in [5.41, 5.74) is 1.75. The summed E-state index contributed by atoms with van der Waals surface area (Å²) in [6.45, 7) is 2.07. The van der Waals surface area contributed by atoms with E-state index in [1.54, 1.807) is 12.1 Å². The zero-order chi connectivity index (χ0) is 15.4. The molecular weight excluding hydrogens is 310 g/mol. The summed E-state index contributed by atoms with van der Waals surface area (Å²) in [7, 11) is 0. The third-order valence-electron chi connectivity index (χ3n) is 2.92. The van der Waals surface area contributed by atoms with Gasteiger partial charge in [-0.3, -0.25) is 9.59 Å². The summed E-state index contributed by atoms with van der Waals surface area (Å²) >= 11 is 7.04. The lowest BCUT2D eigenvalue weighted by molar-refractivity contribution is -0.136. The van der Waals surface area contributed by atoms with Crippen LogP contribution in [0.1, 0.15) is 21.7 Å². The molecule has 1 aromatic carbocycles. The fraction of sp³-hybridized carbons (Fsp3) is 0.200. The molecule has 0 saturated heterocycles. The zero-order valence-electron chi connectivity index (χ0n) is 11.4. The highest BCUT2D eigenvalue weighted by Gasteiger charge is 2.20. The van der Waals surface area contributed by atoms with Gasteiger partial charge in [0.1, 0.15) is 0 Å². The molecule has 6 heteroatoms. The molecule has 0 unspecified atom stereocenters. The van der Waals surface area contributed by atoms with Crippen LogP contribution in [0.5, 0.6) is 0 Å². The summed E-state index contributed by atoms with van der Waals surface area (Å²) in [5.74, 6) is -1.18. The van der Waals surface area contributed by atoms with E-state index >= 15 is 0 Å². The zero-order valence-corrected chi connectivity index (χ0v) is 12.9. The number of hydrogen-bond donors (Lipinski definition) is 1. The molecule has 0 atom stereocenters. The average Bonchev–Trinajstić information content (AvgIpc) is 2.87. The Bertz CT molecular complexity index is 651. The fourth-order valence-electron chi connectivity index (χ4n) is 1.84. The van der Waals surface area contributed by atoms with Crippen molar-refractivity contribution >= 4 is 40.5 Å². The number of rotatable bonds is 5. The first-order valence-corrected chi connectivity index (χ1v) is 7.52. The van der Waals surface area contributed by atoms with Crippen LogP contribution in [0.25, 0.3) is 0 Å². The van der Waals surface area contributed by atoms with Gasteiger partial charge in [-0.2, -0.15) is 0 Å². The number of carboxylic acids is 1. The Hall–Kier alpha value is -1.85. The molecule has 0 aliphatic heterocycles. The van der Waals surface area contributed by atoms with Gasteiger partial charge < -0.3 is 10.0 Å². The van der Waals surface area contributed by atoms with Crippen LogP contribution in [0.2, 0.25) is 4.34 Å². The van der Waals surface area contributed by atoms with E-state index in [0.717, 1.165) is 5.56 Å². The molecule has 0 radical (unpaired) electrons. The summed E-state index contributed by atoms with van der Waals surface area (Å²) in [6.07, 6.45) is -0.112. The molecule has 0 aliphatic carbocycles. The van der Waals surface area contributed by atoms with Crippen molar-refractivity contribution in [1.82, 2.24) is 0 Å². The molecule has 1 amide bonds. The van der Waals surface area contributed by atoms with Gasteiger partial charge in [-0.15, -0.1) is 11.3 Å². The normalized spacial score (nSPS) is 10.4. The molecule has 21 heavy (non-hydrogen) atoms. The van der Waals surface area contributed by atoms with E-state index in [1.165, 1.54) is 16.2 Å². The number of carbonyl (C=O) groups excluding carboxylic acids is 1. The maximum atomic E-state index is 12.5. The van der Waals surface area contributed by atoms with Crippen LogP contribution in [-0.4, -0.2) is 23.5 Å². The second-order valence-corrected chi connectivity index (χ2v) is 6.25. The Morgan fingerprint density at radius 2 is 1.86 bits per heavy atom. The molecule has 2 aromatic rings. The monoisotopic (exact) mass is 323 g/mol. The van der Waals surface area contributed by atoms with Gasteiger partial charge in [0.05, 0.1) is 15.6 Å². The topological polar surface area (TPSA) is 57.6 Å². The van der Waals surface area contributed by atoms with Crippen molar-refractivity contribution < 1.29 is 14.7 Å². The van der Waals surface area contributed by atoms with Crippen molar-refractivity contribution in [3.05, 3.63) is 51.2 Å². The summed E-state index contributed by atoms with van der Waals surface area (Å²) < 4.78 is 0.528. The van der Waals surface area contributed by atoms with E-state index in [4.69, 9.17) is 16.7 Å². The van der Waals surface area contributed by atoms with Gasteiger partial charge in [-0.1, -0.05) is 29.3 Å². The van der Waals surface area contributed by atoms with Crippen molar-refractivity contribution in [2.24, 2.45) is 0 Å². The maximum Gasteiger partial charge on any atom is 0.305 e. The van der Waals surface area contributed by atoms with Gasteiger partial charge in [0, 0.05) is 12.2 Å². The molecule has 1 heterocycles. The molecule has 0 saturated carbocycles. The number of hydrogen-bond acceptors (Lipinski definition) is 3. The van der Waals surface area contributed by atoms with E-state index in [2.05, 4.69) is 0 Å². The standard InChI is InChI=1S/C15H14ClNO3S/c1-10-2-4-11(5-3-10)17(9-8-14(18)19)15(20)12-6-7-13(16)21-12/h2-7H,8-9H2,1H3,(H,18,19). The van der Waals surface area contributed by atoms with E-state index in [-0.39, 0.29) is 18.9 Å². The van der Waals surface area contributed by atoms with Crippen LogP contribution >= 0.6 is 22.9 Å². The van der Waals surface area contributed by atoms with Crippen LogP contribution in [0.4, 0.5) is 5.69 Å². The quantitative estimate of drug-likeness (QED) is 0.909. The number of benzene rings is 1. The summed E-state index contributed by atoms with van der Waals surface area (Å²) in [4.78, 5) is 25.3. The lowest BCUT2D eigenvalue weighted by atomic mass is 10.2. The van der Waals surface area contributed by atoms with Crippen molar-refractivity contribution in [2.45, 2.75) is 13.3 Å². The Balaban J connectivity index is 2.28. The minimum atomic E-state index is -0.941. The molecule has 0 fully saturated rings. The average molecular weight is 324 g/mol. The number of halogens is 1.